The van der Waals surface area contributed by atoms with Crippen LogP contribution in [0.15, 0.2) is 29.3 Å². The van der Waals surface area contributed by atoms with Gasteiger partial charge in [0.15, 0.2) is 22.1 Å². The third-order valence-corrected chi connectivity index (χ3v) is 6.93. The monoisotopic (exact) mass is 588 g/mol. The third-order valence-electron chi connectivity index (χ3n) is 5.88. The lowest BCUT2D eigenvalue weighted by Crippen LogP contribution is -2.33. The van der Waals surface area contributed by atoms with E-state index in [1.54, 1.807) is 25.4 Å². The zero-order chi connectivity index (χ0) is 24.2. The van der Waals surface area contributed by atoms with Crippen LogP contribution >= 0.6 is 34.2 Å². The minimum absolute atomic E-state index is 0.0233. The maximum atomic E-state index is 12.3. The summed E-state index contributed by atoms with van der Waals surface area (Å²) in [6, 6.07) is 3.09. The molecule has 1 aliphatic rings. The number of esters is 1. The van der Waals surface area contributed by atoms with Crippen LogP contribution in [0, 0.1) is 9.12 Å². The molecule has 0 spiro atoms. The molecule has 0 aromatic carbocycles. The van der Waals surface area contributed by atoms with Gasteiger partial charge in [0.1, 0.15) is 15.4 Å². The van der Waals surface area contributed by atoms with Crippen molar-refractivity contribution in [2.24, 2.45) is 5.41 Å². The zero-order valence-corrected chi connectivity index (χ0v) is 22.3. The summed E-state index contributed by atoms with van der Waals surface area (Å²) in [5, 5.41) is 0.311. The summed E-state index contributed by atoms with van der Waals surface area (Å²) in [7, 11) is 0. The second kappa shape index (κ2) is 11.1. The van der Waals surface area contributed by atoms with Gasteiger partial charge in [0.2, 0.25) is 0 Å². The van der Waals surface area contributed by atoms with Gasteiger partial charge in [-0.25, -0.2) is 9.78 Å². The van der Waals surface area contributed by atoms with Crippen molar-refractivity contribution >= 4 is 40.2 Å². The van der Waals surface area contributed by atoms with Gasteiger partial charge in [-0.3, -0.25) is 4.79 Å². The zero-order valence-electron chi connectivity index (χ0n) is 19.4. The van der Waals surface area contributed by atoms with Crippen molar-refractivity contribution in [1.29, 1.82) is 0 Å². The highest BCUT2D eigenvalue weighted by atomic mass is 127. The number of rotatable bonds is 9. The minimum Gasteiger partial charge on any atom is -0.490 e. The van der Waals surface area contributed by atoms with Crippen molar-refractivity contribution in [2.75, 3.05) is 13.2 Å². The predicted octanol–water partition coefficient (Wildman–Crippen LogP) is 5.67. The third kappa shape index (κ3) is 6.01. The molecular formula is C24H30ClIN2O5. The van der Waals surface area contributed by atoms with Gasteiger partial charge in [0, 0.05) is 24.5 Å². The van der Waals surface area contributed by atoms with Crippen molar-refractivity contribution in [2.45, 2.75) is 65.5 Å². The molecule has 0 bridgehead atoms. The standard InChI is InChI=1S/C24H30ClIN2O5/c1-5-7-12-32-18-13-19(22(26)27-21(18)25)33-17-8-10-24(3,4)20(17)28-11-9-16(29)15(14-28)23(30)31-6-2/h9,11,13-14,17,20H,5-8,10,12H2,1-4H3. The van der Waals surface area contributed by atoms with Crippen LogP contribution in [-0.4, -0.2) is 34.8 Å². The molecule has 2 aromatic rings. The molecule has 2 aromatic heterocycles. The molecule has 0 radical (unpaired) electrons. The van der Waals surface area contributed by atoms with E-state index in [9.17, 15) is 9.59 Å². The van der Waals surface area contributed by atoms with Crippen molar-refractivity contribution in [3.05, 3.63) is 49.2 Å². The fourth-order valence-electron chi connectivity index (χ4n) is 4.18. The molecule has 0 amide bonds. The lowest BCUT2D eigenvalue weighted by atomic mass is 9.86. The van der Waals surface area contributed by atoms with Gasteiger partial charge in [-0.1, -0.05) is 38.8 Å². The van der Waals surface area contributed by atoms with Crippen molar-refractivity contribution < 1.29 is 19.0 Å². The van der Waals surface area contributed by atoms with Crippen molar-refractivity contribution in [3.8, 4) is 11.5 Å². The van der Waals surface area contributed by atoms with Gasteiger partial charge in [0.25, 0.3) is 0 Å². The van der Waals surface area contributed by atoms with Crippen LogP contribution in [0.1, 0.15) is 69.8 Å². The van der Waals surface area contributed by atoms with E-state index < -0.39 is 5.97 Å². The van der Waals surface area contributed by atoms with E-state index in [1.165, 1.54) is 6.07 Å². The normalized spacial score (nSPS) is 19.3. The molecule has 0 aliphatic heterocycles. The van der Waals surface area contributed by atoms with Crippen molar-refractivity contribution in [1.82, 2.24) is 9.55 Å². The fraction of sp³-hybridized carbons (Fsp3) is 0.542. The first kappa shape index (κ1) is 25.8. The predicted molar refractivity (Wildman–Crippen MR) is 135 cm³/mol. The highest BCUT2D eigenvalue weighted by Gasteiger charge is 2.44. The summed E-state index contributed by atoms with van der Waals surface area (Å²) in [4.78, 5) is 29.0. The van der Waals surface area contributed by atoms with Gasteiger partial charge in [0.05, 0.1) is 19.3 Å². The largest absolute Gasteiger partial charge is 0.490 e. The number of halogens is 2. The highest BCUT2D eigenvalue weighted by molar-refractivity contribution is 14.1. The molecule has 33 heavy (non-hydrogen) atoms. The second-order valence-electron chi connectivity index (χ2n) is 8.79. The minimum atomic E-state index is -0.615. The van der Waals surface area contributed by atoms with Crippen molar-refractivity contribution in [3.63, 3.8) is 0 Å². The van der Waals surface area contributed by atoms with Crippen LogP contribution < -0.4 is 14.9 Å². The van der Waals surface area contributed by atoms with Crippen LogP contribution in [-0.2, 0) is 4.74 Å². The summed E-state index contributed by atoms with van der Waals surface area (Å²) in [5.41, 5.74) is -0.462. The number of pyridine rings is 2. The van der Waals surface area contributed by atoms with E-state index in [0.717, 1.165) is 25.7 Å². The van der Waals surface area contributed by atoms with Gasteiger partial charge in [-0.05, 0) is 54.2 Å². The average Bonchev–Trinajstić information content (AvgIpc) is 3.06. The molecule has 0 N–H and O–H groups in total. The number of unbranched alkanes of at least 4 members (excludes halogenated alkanes) is 1. The van der Waals surface area contributed by atoms with E-state index in [2.05, 4.69) is 48.3 Å². The summed E-state index contributed by atoms with van der Waals surface area (Å²) < 4.78 is 19.9. The van der Waals surface area contributed by atoms with Crippen LogP contribution in [0.5, 0.6) is 11.5 Å². The van der Waals surface area contributed by atoms with Crippen LogP contribution in [0.3, 0.4) is 0 Å². The van der Waals surface area contributed by atoms with Crippen LogP contribution in [0.25, 0.3) is 0 Å². The summed E-state index contributed by atoms with van der Waals surface area (Å²) in [6.07, 6.45) is 6.77. The molecule has 7 nitrogen and oxygen atoms in total. The first-order valence-electron chi connectivity index (χ1n) is 11.2. The maximum absolute atomic E-state index is 12.3. The Morgan fingerprint density at radius 2 is 2.09 bits per heavy atom. The van der Waals surface area contributed by atoms with Gasteiger partial charge in [-0.2, -0.15) is 0 Å². The van der Waals surface area contributed by atoms with E-state index in [-0.39, 0.29) is 35.2 Å². The van der Waals surface area contributed by atoms with Crippen LogP contribution in [0.4, 0.5) is 0 Å². The van der Waals surface area contributed by atoms with Gasteiger partial charge < -0.3 is 18.8 Å². The quantitative estimate of drug-likeness (QED) is 0.163. The smallest absolute Gasteiger partial charge is 0.343 e. The Labute approximate surface area is 212 Å². The molecule has 1 aliphatic carbocycles. The number of carbonyl (C=O) groups excluding carboxylic acids is 1. The number of ether oxygens (including phenoxy) is 3. The molecule has 2 atom stereocenters. The molecule has 180 valence electrons. The number of hydrogen-bond acceptors (Lipinski definition) is 6. The molecule has 9 heteroatoms. The first-order chi connectivity index (χ1) is 15.7. The Morgan fingerprint density at radius 1 is 1.33 bits per heavy atom. The summed E-state index contributed by atoms with van der Waals surface area (Å²) in [6.45, 7) is 8.90. The Bertz CT molecular complexity index is 1060. The Morgan fingerprint density at radius 3 is 2.79 bits per heavy atom. The van der Waals surface area contributed by atoms with E-state index in [4.69, 9.17) is 25.8 Å². The van der Waals surface area contributed by atoms with E-state index in [1.807, 2.05) is 4.57 Å². The molecule has 1 fully saturated rings. The number of carbonyl (C=O) groups is 1. The topological polar surface area (TPSA) is 79.7 Å². The number of hydrogen-bond donors (Lipinski definition) is 0. The lowest BCUT2D eigenvalue weighted by molar-refractivity contribution is 0.0521. The second-order valence-corrected chi connectivity index (χ2v) is 10.2. The Hall–Kier alpha value is -1.81. The molecular weight excluding hydrogens is 559 g/mol. The fourth-order valence-corrected chi connectivity index (χ4v) is 5.04. The Balaban J connectivity index is 1.92. The first-order valence-corrected chi connectivity index (χ1v) is 12.7. The summed E-state index contributed by atoms with van der Waals surface area (Å²) >= 11 is 8.39. The average molecular weight is 589 g/mol. The highest BCUT2D eigenvalue weighted by Crippen LogP contribution is 2.48. The lowest BCUT2D eigenvalue weighted by Gasteiger charge is -2.33. The molecule has 3 rings (SSSR count). The van der Waals surface area contributed by atoms with Gasteiger partial charge in [-0.15, -0.1) is 0 Å². The maximum Gasteiger partial charge on any atom is 0.343 e. The molecule has 2 unspecified atom stereocenters. The van der Waals surface area contributed by atoms with E-state index in [0.29, 0.717) is 27.0 Å². The number of nitrogens with zero attached hydrogens (tertiary/aromatic N) is 2. The van der Waals surface area contributed by atoms with Gasteiger partial charge >= 0.3 is 5.97 Å². The number of aromatic nitrogens is 2. The molecule has 1 saturated carbocycles. The SMILES string of the molecule is CCCCOc1cc(OC2CCC(C)(C)C2n2ccc(=O)c(C(=O)OCC)c2)c(I)nc1Cl. The van der Waals surface area contributed by atoms with E-state index >= 15 is 0 Å². The summed E-state index contributed by atoms with van der Waals surface area (Å²) in [5.74, 6) is 0.489. The molecule has 2 heterocycles. The Kier molecular flexibility index (Phi) is 8.66. The molecule has 0 saturated heterocycles. The van der Waals surface area contributed by atoms with Crippen LogP contribution in [0.2, 0.25) is 5.15 Å².